The Morgan fingerprint density at radius 1 is 0.811 bits per heavy atom. The van der Waals surface area contributed by atoms with E-state index in [2.05, 4.69) is 5.92 Å². The summed E-state index contributed by atoms with van der Waals surface area (Å²) in [4.78, 5) is 40.4. The Morgan fingerprint density at radius 2 is 1.24 bits per heavy atom. The molecule has 0 saturated carbocycles. The number of ether oxygens (including phenoxy) is 3. The summed E-state index contributed by atoms with van der Waals surface area (Å²) in [5.74, 6) is 1.40. The average Bonchev–Trinajstić information content (AvgIpc) is 2.78. The van der Waals surface area contributed by atoms with E-state index < -0.39 is 36.6 Å². The quantitative estimate of drug-likeness (QED) is 0.120. The van der Waals surface area contributed by atoms with E-state index in [4.69, 9.17) is 20.6 Å². The van der Waals surface area contributed by atoms with Gasteiger partial charge in [-0.05, 0) is 70.7 Å². The molecule has 0 heterocycles. The van der Waals surface area contributed by atoms with E-state index in [1.165, 1.54) is 0 Å². The van der Waals surface area contributed by atoms with Crippen LogP contribution in [0.2, 0.25) is 0 Å². The largest absolute Gasteiger partial charge is 0.463 e. The molecule has 0 aromatic heterocycles. The lowest BCUT2D eigenvalue weighted by molar-refractivity contribution is -0.151. The number of carbonyl (C=O) groups is 3. The van der Waals surface area contributed by atoms with Gasteiger partial charge >= 0.3 is 5.97 Å². The van der Waals surface area contributed by atoms with Gasteiger partial charge in [0.2, 0.25) is 18.2 Å². The van der Waals surface area contributed by atoms with E-state index in [1.807, 2.05) is 13.8 Å². The number of rotatable bonds is 12. The molecule has 1 atom stereocenters. The minimum Gasteiger partial charge on any atom is -0.463 e. The molecule has 2 rings (SSSR count). The Labute approximate surface area is 219 Å². The Bertz CT molecular complexity index is 1170. The van der Waals surface area contributed by atoms with Crippen LogP contribution in [0.5, 0.6) is 0 Å². The minimum atomic E-state index is -4.46. The first kappa shape index (κ1) is 30.2. The second-order valence-electron chi connectivity index (χ2n) is 9.23. The third kappa shape index (κ3) is 7.49. The summed E-state index contributed by atoms with van der Waals surface area (Å²) in [5.41, 5.74) is 2.95. The molecule has 1 unspecified atom stereocenters. The van der Waals surface area contributed by atoms with Gasteiger partial charge in [-0.25, -0.2) is 0 Å². The first-order chi connectivity index (χ1) is 17.3. The highest BCUT2D eigenvalue weighted by Crippen LogP contribution is 2.53. The summed E-state index contributed by atoms with van der Waals surface area (Å²) in [6.07, 6.45) is 3.69. The van der Waals surface area contributed by atoms with Gasteiger partial charge in [-0.2, -0.15) is 0 Å². The van der Waals surface area contributed by atoms with Crippen molar-refractivity contribution in [3.63, 3.8) is 0 Å². The monoisotopic (exact) mass is 526 g/mol. The summed E-state index contributed by atoms with van der Waals surface area (Å²) in [7, 11) is -4.46. The maximum atomic E-state index is 14.4. The number of hydrogen-bond acceptors (Lipinski definition) is 7. The zero-order chi connectivity index (χ0) is 27.9. The third-order valence-electron chi connectivity index (χ3n) is 5.89. The fourth-order valence-electron chi connectivity index (χ4n) is 4.44. The molecule has 198 valence electrons. The van der Waals surface area contributed by atoms with Gasteiger partial charge in [0.15, 0.2) is 6.29 Å². The lowest BCUT2D eigenvalue weighted by atomic mass is 10.0. The number of hydrogen-bond donors (Lipinski definition) is 0. The van der Waals surface area contributed by atoms with Gasteiger partial charge < -0.3 is 18.8 Å². The van der Waals surface area contributed by atoms with Crippen LogP contribution in [0.1, 0.15) is 61.0 Å². The molecule has 0 aliphatic heterocycles. The van der Waals surface area contributed by atoms with Crippen LogP contribution in [-0.2, 0) is 23.6 Å². The Kier molecular flexibility index (Phi) is 10.6. The number of benzene rings is 2. The van der Waals surface area contributed by atoms with Gasteiger partial charge in [-0.15, -0.1) is 6.42 Å². The molecule has 7 nitrogen and oxygen atoms in total. The summed E-state index contributed by atoms with van der Waals surface area (Å²) in [6, 6.07) is 7.15. The van der Waals surface area contributed by atoms with Crippen molar-refractivity contribution < 1.29 is 33.2 Å². The van der Waals surface area contributed by atoms with Gasteiger partial charge in [-0.3, -0.25) is 14.4 Å². The average molecular weight is 527 g/mol. The smallest absolute Gasteiger partial charge is 0.314 e. The third-order valence-corrected chi connectivity index (χ3v) is 8.35. The maximum Gasteiger partial charge on any atom is 0.314 e. The zero-order valence-electron chi connectivity index (χ0n) is 22.6. The SMILES string of the molecule is C#CCOC(C)OCCOC(=O)CP(=O)(C(=O)c1c(C)cc(C)cc1C)C(=O)c1c(C)cc(C)cc1C. The normalized spacial score (nSPS) is 12.1. The second kappa shape index (κ2) is 13.0. The molecule has 37 heavy (non-hydrogen) atoms. The molecule has 0 fully saturated rings. The molecule has 0 aliphatic carbocycles. The molecule has 2 aromatic carbocycles. The number of esters is 1. The molecule has 8 heteroatoms. The van der Waals surface area contributed by atoms with Crippen LogP contribution in [0.15, 0.2) is 24.3 Å². The van der Waals surface area contributed by atoms with Crippen LogP contribution in [-0.4, -0.2) is 49.3 Å². The number of terminal acetylenes is 1. The highest BCUT2D eigenvalue weighted by Gasteiger charge is 2.45. The predicted octanol–water partition coefficient (Wildman–Crippen LogP) is 5.44. The van der Waals surface area contributed by atoms with Gasteiger partial charge in [0.25, 0.3) is 0 Å². The van der Waals surface area contributed by atoms with E-state index in [0.717, 1.165) is 11.1 Å². The first-order valence-electron chi connectivity index (χ1n) is 12.0. The molecule has 0 saturated heterocycles. The molecular formula is C29H35O7P. The summed E-state index contributed by atoms with van der Waals surface area (Å²) in [5, 5.41) is 0. The standard InChI is InChI=1S/C29H35O7P/c1-9-10-34-24(8)35-11-12-36-25(30)17-37(33,28(31)26-20(4)13-18(2)14-21(26)5)29(32)27-22(6)15-19(3)16-23(27)7/h1,13-16,24H,10-12,17H2,2-8H3. The van der Waals surface area contributed by atoms with Crippen LogP contribution in [0.4, 0.5) is 0 Å². The summed E-state index contributed by atoms with van der Waals surface area (Å²) < 4.78 is 30.1. The number of aryl methyl sites for hydroxylation is 6. The van der Waals surface area contributed by atoms with E-state index in [9.17, 15) is 18.9 Å². The molecule has 0 amide bonds. The molecule has 0 bridgehead atoms. The zero-order valence-corrected chi connectivity index (χ0v) is 23.5. The Hall–Kier alpha value is -3.04. The van der Waals surface area contributed by atoms with Crippen LogP contribution in [0.25, 0.3) is 0 Å². The van der Waals surface area contributed by atoms with Gasteiger partial charge in [0.1, 0.15) is 19.4 Å². The van der Waals surface area contributed by atoms with Crippen molar-refractivity contribution in [1.29, 1.82) is 0 Å². The fourth-order valence-corrected chi connectivity index (χ4v) is 6.80. The van der Waals surface area contributed by atoms with Crippen molar-refractivity contribution in [3.05, 3.63) is 68.8 Å². The highest BCUT2D eigenvalue weighted by atomic mass is 31.2. The first-order valence-corrected chi connectivity index (χ1v) is 13.9. The van der Waals surface area contributed by atoms with Crippen molar-refractivity contribution in [3.8, 4) is 12.3 Å². The second-order valence-corrected chi connectivity index (χ2v) is 11.8. The molecule has 0 N–H and O–H groups in total. The van der Waals surface area contributed by atoms with Crippen molar-refractivity contribution in [2.45, 2.75) is 54.8 Å². The van der Waals surface area contributed by atoms with Gasteiger partial charge in [-0.1, -0.05) is 41.3 Å². The van der Waals surface area contributed by atoms with E-state index in [0.29, 0.717) is 22.3 Å². The summed E-state index contributed by atoms with van der Waals surface area (Å²) in [6.45, 7) is 12.2. The van der Waals surface area contributed by atoms with Crippen molar-refractivity contribution in [1.82, 2.24) is 0 Å². The van der Waals surface area contributed by atoms with Crippen molar-refractivity contribution in [2.24, 2.45) is 0 Å². The molecule has 2 aromatic rings. The lowest BCUT2D eigenvalue weighted by Crippen LogP contribution is -2.24. The molecule has 0 spiro atoms. The van der Waals surface area contributed by atoms with Gasteiger partial charge in [0.05, 0.1) is 6.61 Å². The summed E-state index contributed by atoms with van der Waals surface area (Å²) >= 11 is 0. The van der Waals surface area contributed by atoms with Gasteiger partial charge in [0, 0.05) is 11.1 Å². The van der Waals surface area contributed by atoms with E-state index >= 15 is 0 Å². The topological polar surface area (TPSA) is 96.0 Å². The highest BCUT2D eigenvalue weighted by molar-refractivity contribution is 7.96. The maximum absolute atomic E-state index is 14.4. The van der Waals surface area contributed by atoms with E-state index in [1.54, 1.807) is 58.9 Å². The minimum absolute atomic E-state index is 0.00394. The van der Waals surface area contributed by atoms with Crippen LogP contribution in [0, 0.1) is 53.9 Å². The molecule has 0 radical (unpaired) electrons. The van der Waals surface area contributed by atoms with Crippen LogP contribution < -0.4 is 0 Å². The Morgan fingerprint density at radius 3 is 1.65 bits per heavy atom. The molecule has 0 aliphatic rings. The number of carbonyl (C=O) groups excluding carboxylic acids is 3. The van der Waals surface area contributed by atoms with E-state index in [-0.39, 0.29) is 30.9 Å². The molecular weight excluding hydrogens is 491 g/mol. The van der Waals surface area contributed by atoms with Crippen LogP contribution in [0.3, 0.4) is 0 Å². The fraction of sp³-hybridized carbons (Fsp3) is 0.414. The van der Waals surface area contributed by atoms with Crippen molar-refractivity contribution >= 4 is 24.2 Å². The predicted molar refractivity (Wildman–Crippen MR) is 144 cm³/mol. The lowest BCUT2D eigenvalue weighted by Gasteiger charge is -2.20. The van der Waals surface area contributed by atoms with Crippen LogP contribution >= 0.6 is 7.14 Å². The van der Waals surface area contributed by atoms with Crippen molar-refractivity contribution in [2.75, 3.05) is 26.0 Å². The Balaban J connectivity index is 2.39.